The molecule has 3 rings (SSSR count). The number of aromatic nitrogens is 2. The van der Waals surface area contributed by atoms with Crippen molar-refractivity contribution in [2.75, 3.05) is 14.1 Å². The first kappa shape index (κ1) is 9.85. The average molecular weight is 215 g/mol. The Hall–Kier alpha value is -1.35. The van der Waals surface area contributed by atoms with Gasteiger partial charge in [-0.1, -0.05) is 0 Å². The summed E-state index contributed by atoms with van der Waals surface area (Å²) in [7, 11) is 4.35. The maximum atomic E-state index is 4.17. The summed E-state index contributed by atoms with van der Waals surface area (Å²) in [5.41, 5.74) is 4.11. The van der Waals surface area contributed by atoms with Gasteiger partial charge in [-0.15, -0.1) is 0 Å². The fourth-order valence-electron chi connectivity index (χ4n) is 2.69. The number of fused-ring (bicyclic) bond motifs is 3. The Morgan fingerprint density at radius 1 is 1.44 bits per heavy atom. The van der Waals surface area contributed by atoms with E-state index >= 15 is 0 Å². The van der Waals surface area contributed by atoms with E-state index in [2.05, 4.69) is 35.0 Å². The molecule has 0 aliphatic heterocycles. The van der Waals surface area contributed by atoms with Crippen molar-refractivity contribution in [2.24, 2.45) is 0 Å². The van der Waals surface area contributed by atoms with Gasteiger partial charge in [0.15, 0.2) is 0 Å². The summed E-state index contributed by atoms with van der Waals surface area (Å²) in [5, 5.41) is 1.36. The number of nitrogens with one attached hydrogen (secondary N) is 1. The standard InChI is InChI=1S/C13H17N3/c1-16(2)9-3-4-12-11(7-9)10-5-6-14-8-13(10)15-12/h5-6,8-9,15H,3-4,7H2,1-2H3/t9-/m1/s1. The molecule has 1 aliphatic rings. The van der Waals surface area contributed by atoms with Gasteiger partial charge in [0.25, 0.3) is 0 Å². The maximum Gasteiger partial charge on any atom is 0.0645 e. The van der Waals surface area contributed by atoms with Gasteiger partial charge in [0.2, 0.25) is 0 Å². The molecule has 2 heterocycles. The van der Waals surface area contributed by atoms with Gasteiger partial charge in [0.05, 0.1) is 11.7 Å². The molecule has 1 N–H and O–H groups in total. The van der Waals surface area contributed by atoms with Crippen molar-refractivity contribution in [1.82, 2.24) is 14.9 Å². The average Bonchev–Trinajstić information content (AvgIpc) is 2.66. The van der Waals surface area contributed by atoms with Gasteiger partial charge in [-0.2, -0.15) is 0 Å². The molecule has 1 aliphatic carbocycles. The molecule has 0 saturated heterocycles. The molecule has 0 spiro atoms. The lowest BCUT2D eigenvalue weighted by atomic mass is 9.91. The summed E-state index contributed by atoms with van der Waals surface area (Å²) in [6, 6.07) is 2.81. The van der Waals surface area contributed by atoms with Crippen LogP contribution in [0, 0.1) is 0 Å². The van der Waals surface area contributed by atoms with Crippen LogP contribution >= 0.6 is 0 Å². The summed E-state index contributed by atoms with van der Waals surface area (Å²) in [6.07, 6.45) is 7.38. The number of aromatic amines is 1. The highest BCUT2D eigenvalue weighted by atomic mass is 15.1. The lowest BCUT2D eigenvalue weighted by Crippen LogP contribution is -2.33. The Kier molecular flexibility index (Phi) is 2.21. The van der Waals surface area contributed by atoms with Crippen LogP contribution in [0.15, 0.2) is 18.5 Å². The van der Waals surface area contributed by atoms with E-state index in [0.29, 0.717) is 6.04 Å². The fraction of sp³-hybridized carbons (Fsp3) is 0.462. The second kappa shape index (κ2) is 3.59. The zero-order chi connectivity index (χ0) is 11.1. The number of nitrogens with zero attached hydrogens (tertiary/aromatic N) is 2. The Morgan fingerprint density at radius 3 is 3.12 bits per heavy atom. The highest BCUT2D eigenvalue weighted by Crippen LogP contribution is 2.29. The molecule has 2 aromatic rings. The van der Waals surface area contributed by atoms with Gasteiger partial charge in [-0.3, -0.25) is 4.98 Å². The van der Waals surface area contributed by atoms with E-state index < -0.39 is 0 Å². The Balaban J connectivity index is 2.08. The van der Waals surface area contributed by atoms with Crippen LogP contribution in [0.3, 0.4) is 0 Å². The van der Waals surface area contributed by atoms with Crippen LogP contribution in [-0.4, -0.2) is 35.0 Å². The van der Waals surface area contributed by atoms with E-state index in [1.807, 2.05) is 12.4 Å². The molecule has 3 nitrogen and oxygen atoms in total. The number of pyridine rings is 1. The summed E-state index contributed by atoms with van der Waals surface area (Å²) in [5.74, 6) is 0. The third-order valence-electron chi connectivity index (χ3n) is 3.69. The van der Waals surface area contributed by atoms with E-state index in [9.17, 15) is 0 Å². The van der Waals surface area contributed by atoms with Crippen molar-refractivity contribution in [3.63, 3.8) is 0 Å². The predicted molar refractivity (Wildman–Crippen MR) is 65.6 cm³/mol. The summed E-state index contributed by atoms with van der Waals surface area (Å²) >= 11 is 0. The van der Waals surface area contributed by atoms with Gasteiger partial charge in [-0.05, 0) is 45.0 Å². The van der Waals surface area contributed by atoms with Crippen LogP contribution in [0.4, 0.5) is 0 Å². The molecule has 0 aromatic carbocycles. The minimum Gasteiger partial charge on any atom is -0.357 e. The first-order valence-corrected chi connectivity index (χ1v) is 5.85. The second-order valence-corrected chi connectivity index (χ2v) is 4.86. The maximum absolute atomic E-state index is 4.17. The number of aryl methyl sites for hydroxylation is 1. The highest BCUT2D eigenvalue weighted by Gasteiger charge is 2.23. The summed E-state index contributed by atoms with van der Waals surface area (Å²) in [4.78, 5) is 10.00. The monoisotopic (exact) mass is 215 g/mol. The predicted octanol–water partition coefficient (Wildman–Crippen LogP) is 1.98. The number of H-pyrrole nitrogens is 1. The lowest BCUT2D eigenvalue weighted by molar-refractivity contribution is 0.268. The molecule has 0 saturated carbocycles. The number of hydrogen-bond donors (Lipinski definition) is 1. The fourth-order valence-corrected chi connectivity index (χ4v) is 2.69. The van der Waals surface area contributed by atoms with Crippen LogP contribution in [0.1, 0.15) is 17.7 Å². The van der Waals surface area contributed by atoms with Crippen molar-refractivity contribution in [2.45, 2.75) is 25.3 Å². The zero-order valence-corrected chi connectivity index (χ0v) is 9.83. The van der Waals surface area contributed by atoms with E-state index in [1.165, 1.54) is 28.6 Å². The van der Waals surface area contributed by atoms with Gasteiger partial charge in [-0.25, -0.2) is 0 Å². The summed E-state index contributed by atoms with van der Waals surface area (Å²) < 4.78 is 0. The van der Waals surface area contributed by atoms with Crippen molar-refractivity contribution in [1.29, 1.82) is 0 Å². The first-order chi connectivity index (χ1) is 7.75. The number of rotatable bonds is 1. The Morgan fingerprint density at radius 2 is 2.31 bits per heavy atom. The van der Waals surface area contributed by atoms with Crippen molar-refractivity contribution in [3.8, 4) is 0 Å². The molecule has 0 unspecified atom stereocenters. The van der Waals surface area contributed by atoms with Crippen molar-refractivity contribution >= 4 is 10.9 Å². The topological polar surface area (TPSA) is 31.9 Å². The smallest absolute Gasteiger partial charge is 0.0645 e. The SMILES string of the molecule is CN(C)[C@@H]1CCc2[nH]c3cnccc3c2C1. The molecular weight excluding hydrogens is 198 g/mol. The van der Waals surface area contributed by atoms with Gasteiger partial charge in [0, 0.05) is 23.3 Å². The first-order valence-electron chi connectivity index (χ1n) is 5.85. The van der Waals surface area contributed by atoms with E-state index in [-0.39, 0.29) is 0 Å². The van der Waals surface area contributed by atoms with E-state index in [4.69, 9.17) is 0 Å². The van der Waals surface area contributed by atoms with Crippen molar-refractivity contribution < 1.29 is 0 Å². The zero-order valence-electron chi connectivity index (χ0n) is 9.83. The van der Waals surface area contributed by atoms with E-state index in [1.54, 1.807) is 0 Å². The van der Waals surface area contributed by atoms with Crippen LogP contribution in [-0.2, 0) is 12.8 Å². The Bertz CT molecular complexity index is 513. The van der Waals surface area contributed by atoms with E-state index in [0.717, 1.165) is 12.8 Å². The minimum absolute atomic E-state index is 0.680. The van der Waals surface area contributed by atoms with Crippen LogP contribution in [0.2, 0.25) is 0 Å². The van der Waals surface area contributed by atoms with Gasteiger partial charge < -0.3 is 9.88 Å². The minimum atomic E-state index is 0.680. The van der Waals surface area contributed by atoms with Gasteiger partial charge in [0.1, 0.15) is 0 Å². The molecule has 1 atom stereocenters. The second-order valence-electron chi connectivity index (χ2n) is 4.86. The molecule has 0 amide bonds. The summed E-state index contributed by atoms with van der Waals surface area (Å²) in [6.45, 7) is 0. The third-order valence-corrected chi connectivity index (χ3v) is 3.69. The van der Waals surface area contributed by atoms with Crippen molar-refractivity contribution in [3.05, 3.63) is 29.7 Å². The molecule has 16 heavy (non-hydrogen) atoms. The van der Waals surface area contributed by atoms with Crippen LogP contribution in [0.25, 0.3) is 10.9 Å². The normalized spacial score (nSPS) is 20.3. The van der Waals surface area contributed by atoms with Crippen LogP contribution < -0.4 is 0 Å². The van der Waals surface area contributed by atoms with Crippen LogP contribution in [0.5, 0.6) is 0 Å². The lowest BCUT2D eigenvalue weighted by Gasteiger charge is -2.28. The third kappa shape index (κ3) is 1.43. The molecule has 84 valence electrons. The number of likely N-dealkylation sites (N-methyl/N-ethyl adjacent to an activating group) is 1. The number of hydrogen-bond acceptors (Lipinski definition) is 2. The molecular formula is C13H17N3. The highest BCUT2D eigenvalue weighted by molar-refractivity contribution is 5.84. The molecule has 0 radical (unpaired) electrons. The quantitative estimate of drug-likeness (QED) is 0.789. The molecule has 0 fully saturated rings. The molecule has 2 aromatic heterocycles. The molecule has 3 heteroatoms. The van der Waals surface area contributed by atoms with Gasteiger partial charge >= 0.3 is 0 Å². The molecule has 0 bridgehead atoms. The Labute approximate surface area is 95.5 Å². The largest absolute Gasteiger partial charge is 0.357 e.